The first-order valence-corrected chi connectivity index (χ1v) is 11.7. The van der Waals surface area contributed by atoms with Gasteiger partial charge in [-0.2, -0.15) is 16.3 Å². The highest BCUT2D eigenvalue weighted by Gasteiger charge is 2.15. The van der Waals surface area contributed by atoms with Gasteiger partial charge in [0.15, 0.2) is 11.0 Å². The zero-order chi connectivity index (χ0) is 21.2. The standard InChI is InChI=1S/C23H18N4O2S2/c1-2-15-7-9-17(10-8-15)27-22(28)18-5-3-4-6-19(18)24-23(27)31-14-20-25-21(29-26-20)16-11-12-30-13-16/h3-13H,2,14H2,1H3. The molecule has 0 unspecified atom stereocenters. The topological polar surface area (TPSA) is 73.8 Å². The molecule has 2 aromatic carbocycles. The van der Waals surface area contributed by atoms with E-state index in [4.69, 9.17) is 9.51 Å². The third kappa shape index (κ3) is 3.92. The minimum Gasteiger partial charge on any atom is -0.334 e. The van der Waals surface area contributed by atoms with Crippen molar-refractivity contribution in [3.05, 3.63) is 87.1 Å². The van der Waals surface area contributed by atoms with Crippen LogP contribution in [0.2, 0.25) is 0 Å². The maximum atomic E-state index is 13.3. The fourth-order valence-corrected chi connectivity index (χ4v) is 4.75. The van der Waals surface area contributed by atoms with Gasteiger partial charge in [-0.25, -0.2) is 4.98 Å². The van der Waals surface area contributed by atoms with Crippen molar-refractivity contribution < 1.29 is 4.52 Å². The molecule has 0 radical (unpaired) electrons. The molecule has 0 saturated heterocycles. The number of benzene rings is 2. The van der Waals surface area contributed by atoms with Crippen LogP contribution in [0.1, 0.15) is 18.3 Å². The van der Waals surface area contributed by atoms with Crippen LogP contribution < -0.4 is 5.56 Å². The zero-order valence-electron chi connectivity index (χ0n) is 16.7. The molecular weight excluding hydrogens is 428 g/mol. The molecule has 0 saturated carbocycles. The average Bonchev–Trinajstić information content (AvgIpc) is 3.50. The first kappa shape index (κ1) is 19.7. The predicted octanol–water partition coefficient (Wildman–Crippen LogP) is 5.35. The molecule has 8 heteroatoms. The third-order valence-electron chi connectivity index (χ3n) is 4.91. The number of aryl methyl sites for hydroxylation is 1. The Morgan fingerprint density at radius 1 is 1.06 bits per heavy atom. The van der Waals surface area contributed by atoms with Crippen LogP contribution in [-0.2, 0) is 12.2 Å². The van der Waals surface area contributed by atoms with Crippen LogP contribution in [0.25, 0.3) is 28.0 Å². The summed E-state index contributed by atoms with van der Waals surface area (Å²) in [7, 11) is 0. The van der Waals surface area contributed by atoms with E-state index in [9.17, 15) is 4.79 Å². The summed E-state index contributed by atoms with van der Waals surface area (Å²) >= 11 is 2.99. The van der Waals surface area contributed by atoms with Crippen molar-refractivity contribution in [1.82, 2.24) is 19.7 Å². The zero-order valence-corrected chi connectivity index (χ0v) is 18.3. The molecule has 0 amide bonds. The highest BCUT2D eigenvalue weighted by Crippen LogP contribution is 2.26. The summed E-state index contributed by atoms with van der Waals surface area (Å²) in [6, 6.07) is 17.3. The summed E-state index contributed by atoms with van der Waals surface area (Å²) in [5.74, 6) is 1.49. The van der Waals surface area contributed by atoms with Crippen LogP contribution in [0.15, 0.2) is 79.8 Å². The Kier molecular flexibility index (Phi) is 5.40. The SMILES string of the molecule is CCc1ccc(-n2c(SCc3noc(-c4ccsc4)n3)nc3ccccc3c2=O)cc1. The molecule has 0 N–H and O–H groups in total. The van der Waals surface area contributed by atoms with Crippen molar-refractivity contribution >= 4 is 34.0 Å². The molecule has 154 valence electrons. The van der Waals surface area contributed by atoms with Gasteiger partial charge in [-0.15, -0.1) is 0 Å². The van der Waals surface area contributed by atoms with E-state index in [0.29, 0.717) is 33.5 Å². The van der Waals surface area contributed by atoms with Crippen LogP contribution in [0.5, 0.6) is 0 Å². The van der Waals surface area contributed by atoms with Crippen LogP contribution >= 0.6 is 23.1 Å². The first-order chi connectivity index (χ1) is 15.2. The van der Waals surface area contributed by atoms with Crippen LogP contribution in [0.3, 0.4) is 0 Å². The Balaban J connectivity index is 1.53. The highest BCUT2D eigenvalue weighted by atomic mass is 32.2. The second-order valence-electron chi connectivity index (χ2n) is 6.89. The fraction of sp³-hybridized carbons (Fsp3) is 0.130. The minimum absolute atomic E-state index is 0.0931. The van der Waals surface area contributed by atoms with Crippen molar-refractivity contribution in [3.63, 3.8) is 0 Å². The summed E-state index contributed by atoms with van der Waals surface area (Å²) in [5.41, 5.74) is 3.49. The second kappa shape index (κ2) is 8.49. The summed E-state index contributed by atoms with van der Waals surface area (Å²) in [4.78, 5) is 22.6. The van der Waals surface area contributed by atoms with E-state index in [1.165, 1.54) is 17.3 Å². The van der Waals surface area contributed by atoms with Crippen molar-refractivity contribution in [2.75, 3.05) is 0 Å². The maximum Gasteiger partial charge on any atom is 0.266 e. The molecule has 5 aromatic rings. The van der Waals surface area contributed by atoms with E-state index < -0.39 is 0 Å². The fourth-order valence-electron chi connectivity index (χ4n) is 3.26. The number of fused-ring (bicyclic) bond motifs is 1. The Bertz CT molecular complexity index is 1390. The number of aromatic nitrogens is 4. The molecule has 0 fully saturated rings. The Hall–Kier alpha value is -3.23. The molecule has 3 aromatic heterocycles. The molecular formula is C23H18N4O2S2. The number of hydrogen-bond donors (Lipinski definition) is 0. The number of thioether (sulfide) groups is 1. The largest absolute Gasteiger partial charge is 0.334 e. The van der Waals surface area contributed by atoms with Gasteiger partial charge in [0.05, 0.1) is 27.9 Å². The maximum absolute atomic E-state index is 13.3. The third-order valence-corrected chi connectivity index (χ3v) is 6.53. The Labute approximate surface area is 186 Å². The monoisotopic (exact) mass is 446 g/mol. The van der Waals surface area contributed by atoms with Gasteiger partial charge < -0.3 is 4.52 Å². The van der Waals surface area contributed by atoms with Gasteiger partial charge in [-0.1, -0.05) is 48.1 Å². The summed E-state index contributed by atoms with van der Waals surface area (Å²) in [6.45, 7) is 2.11. The van der Waals surface area contributed by atoms with Gasteiger partial charge in [0.1, 0.15) is 0 Å². The summed E-state index contributed by atoms with van der Waals surface area (Å²) in [6.07, 6.45) is 0.942. The number of rotatable bonds is 6. The van der Waals surface area contributed by atoms with Crippen molar-refractivity contribution in [2.24, 2.45) is 0 Å². The number of para-hydroxylation sites is 1. The number of thiophene rings is 1. The van der Waals surface area contributed by atoms with Gasteiger partial charge in [0.25, 0.3) is 11.4 Å². The summed E-state index contributed by atoms with van der Waals surface area (Å²) in [5, 5.41) is 9.19. The lowest BCUT2D eigenvalue weighted by Gasteiger charge is -2.13. The lowest BCUT2D eigenvalue weighted by molar-refractivity contribution is 0.425. The number of hydrogen-bond acceptors (Lipinski definition) is 7. The first-order valence-electron chi connectivity index (χ1n) is 9.82. The smallest absolute Gasteiger partial charge is 0.266 e. The van der Waals surface area contributed by atoms with Gasteiger partial charge in [-0.05, 0) is 47.7 Å². The van der Waals surface area contributed by atoms with Gasteiger partial charge in [0, 0.05) is 5.38 Å². The molecule has 0 aliphatic heterocycles. The summed E-state index contributed by atoms with van der Waals surface area (Å²) < 4.78 is 7.03. The van der Waals surface area contributed by atoms with E-state index in [1.807, 2.05) is 65.4 Å². The van der Waals surface area contributed by atoms with E-state index in [1.54, 1.807) is 15.9 Å². The molecule has 3 heterocycles. The molecule has 0 atom stereocenters. The van der Waals surface area contributed by atoms with E-state index in [-0.39, 0.29) is 5.56 Å². The lowest BCUT2D eigenvalue weighted by atomic mass is 10.1. The molecule has 0 bridgehead atoms. The highest BCUT2D eigenvalue weighted by molar-refractivity contribution is 7.98. The molecule has 0 aliphatic rings. The van der Waals surface area contributed by atoms with Crippen molar-refractivity contribution in [2.45, 2.75) is 24.3 Å². The Morgan fingerprint density at radius 3 is 2.68 bits per heavy atom. The van der Waals surface area contributed by atoms with Gasteiger partial charge in [0.2, 0.25) is 0 Å². The number of nitrogens with zero attached hydrogens (tertiary/aromatic N) is 4. The molecule has 6 nitrogen and oxygen atoms in total. The van der Waals surface area contributed by atoms with Crippen LogP contribution in [0.4, 0.5) is 0 Å². The van der Waals surface area contributed by atoms with Crippen LogP contribution in [-0.4, -0.2) is 19.7 Å². The average molecular weight is 447 g/mol. The quantitative estimate of drug-likeness (QED) is 0.258. The Morgan fingerprint density at radius 2 is 1.90 bits per heavy atom. The van der Waals surface area contributed by atoms with E-state index >= 15 is 0 Å². The van der Waals surface area contributed by atoms with E-state index in [2.05, 4.69) is 17.1 Å². The lowest BCUT2D eigenvalue weighted by Crippen LogP contribution is -2.21. The van der Waals surface area contributed by atoms with Gasteiger partial charge >= 0.3 is 0 Å². The van der Waals surface area contributed by atoms with Crippen molar-refractivity contribution in [1.29, 1.82) is 0 Å². The molecule has 0 aliphatic carbocycles. The predicted molar refractivity (Wildman–Crippen MR) is 124 cm³/mol. The van der Waals surface area contributed by atoms with Gasteiger partial charge in [-0.3, -0.25) is 9.36 Å². The van der Waals surface area contributed by atoms with E-state index in [0.717, 1.165) is 17.7 Å². The molecule has 31 heavy (non-hydrogen) atoms. The molecule has 0 spiro atoms. The van der Waals surface area contributed by atoms with Crippen LogP contribution in [0, 0.1) is 0 Å². The minimum atomic E-state index is -0.0931. The normalized spacial score (nSPS) is 11.3. The second-order valence-corrected chi connectivity index (χ2v) is 8.61. The van der Waals surface area contributed by atoms with Crippen molar-refractivity contribution in [3.8, 4) is 17.1 Å². The molecule has 5 rings (SSSR count).